The molecule has 1 aromatic rings. The van der Waals surface area contributed by atoms with Crippen LogP contribution in [0.15, 0.2) is 24.3 Å². The number of rotatable bonds is 3. The second kappa shape index (κ2) is 5.42. The zero-order chi connectivity index (χ0) is 15.9. The summed E-state index contributed by atoms with van der Waals surface area (Å²) in [6, 6.07) is 8.47. The molecule has 1 aromatic carbocycles. The Morgan fingerprint density at radius 3 is 1.86 bits per heavy atom. The summed E-state index contributed by atoms with van der Waals surface area (Å²) in [7, 11) is -0.278. The van der Waals surface area contributed by atoms with E-state index in [1.54, 1.807) is 0 Å². The number of nitrogens with one attached hydrogen (secondary N) is 1. The van der Waals surface area contributed by atoms with Gasteiger partial charge in [-0.1, -0.05) is 24.3 Å². The lowest BCUT2D eigenvalue weighted by Gasteiger charge is -2.32. The molecule has 0 bridgehead atoms. The lowest BCUT2D eigenvalue weighted by atomic mass is 9.79. The second-order valence-corrected chi connectivity index (χ2v) is 7.93. The third kappa shape index (κ3) is 3.88. The van der Waals surface area contributed by atoms with E-state index in [-0.39, 0.29) is 23.9 Å². The van der Waals surface area contributed by atoms with Crippen molar-refractivity contribution in [2.24, 2.45) is 0 Å². The molecule has 0 atom stereocenters. The molecule has 0 amide bonds. The molecule has 1 heterocycles. The van der Waals surface area contributed by atoms with Crippen molar-refractivity contribution in [3.05, 3.63) is 29.8 Å². The molecule has 0 spiro atoms. The van der Waals surface area contributed by atoms with Gasteiger partial charge >= 0.3 is 7.12 Å². The molecule has 1 fully saturated rings. The Morgan fingerprint density at radius 1 is 0.952 bits per heavy atom. The molecule has 1 N–H and O–H groups in total. The van der Waals surface area contributed by atoms with E-state index in [1.165, 1.54) is 5.56 Å². The highest BCUT2D eigenvalue weighted by Gasteiger charge is 2.51. The largest absolute Gasteiger partial charge is 0.494 e. The van der Waals surface area contributed by atoms with Crippen LogP contribution in [-0.2, 0) is 15.9 Å². The molecule has 1 aliphatic rings. The van der Waals surface area contributed by atoms with E-state index < -0.39 is 0 Å². The SMILES string of the molecule is CC(C)(C)NCc1ccc(B2OC(C)(C)C(C)(C)O2)cc1. The van der Waals surface area contributed by atoms with E-state index in [0.29, 0.717) is 0 Å². The Bertz CT molecular complexity index is 473. The maximum absolute atomic E-state index is 6.07. The van der Waals surface area contributed by atoms with Gasteiger partial charge in [-0.25, -0.2) is 0 Å². The fourth-order valence-electron chi connectivity index (χ4n) is 2.14. The topological polar surface area (TPSA) is 30.5 Å². The fourth-order valence-corrected chi connectivity index (χ4v) is 2.14. The monoisotopic (exact) mass is 289 g/mol. The second-order valence-electron chi connectivity index (χ2n) is 7.93. The average molecular weight is 289 g/mol. The van der Waals surface area contributed by atoms with Crippen molar-refractivity contribution in [3.63, 3.8) is 0 Å². The van der Waals surface area contributed by atoms with Gasteiger partial charge in [-0.05, 0) is 59.5 Å². The van der Waals surface area contributed by atoms with E-state index in [0.717, 1.165) is 12.0 Å². The third-order valence-corrected chi connectivity index (χ3v) is 4.33. The van der Waals surface area contributed by atoms with Crippen LogP contribution in [0.4, 0.5) is 0 Å². The van der Waals surface area contributed by atoms with Gasteiger partial charge in [0.2, 0.25) is 0 Å². The van der Waals surface area contributed by atoms with Crippen molar-refractivity contribution in [2.45, 2.75) is 71.8 Å². The van der Waals surface area contributed by atoms with Gasteiger partial charge in [-0.15, -0.1) is 0 Å². The Morgan fingerprint density at radius 2 is 1.43 bits per heavy atom. The average Bonchev–Trinajstić information content (AvgIpc) is 2.56. The van der Waals surface area contributed by atoms with E-state index >= 15 is 0 Å². The molecule has 0 aromatic heterocycles. The molecule has 3 nitrogen and oxygen atoms in total. The van der Waals surface area contributed by atoms with Crippen molar-refractivity contribution in [3.8, 4) is 0 Å². The lowest BCUT2D eigenvalue weighted by Crippen LogP contribution is -2.41. The van der Waals surface area contributed by atoms with Crippen molar-refractivity contribution < 1.29 is 9.31 Å². The Hall–Kier alpha value is -0.835. The predicted octanol–water partition coefficient (Wildman–Crippen LogP) is 2.87. The van der Waals surface area contributed by atoms with Crippen molar-refractivity contribution in [2.75, 3.05) is 0 Å². The number of benzene rings is 1. The van der Waals surface area contributed by atoms with Crippen LogP contribution in [0.1, 0.15) is 54.0 Å². The highest BCUT2D eigenvalue weighted by molar-refractivity contribution is 6.62. The summed E-state index contributed by atoms with van der Waals surface area (Å²) in [5.41, 5.74) is 1.90. The van der Waals surface area contributed by atoms with Crippen LogP contribution >= 0.6 is 0 Å². The number of hydrogen-bond acceptors (Lipinski definition) is 3. The summed E-state index contributed by atoms with van der Waals surface area (Å²) in [6.45, 7) is 15.7. The van der Waals surface area contributed by atoms with Gasteiger partial charge < -0.3 is 14.6 Å². The van der Waals surface area contributed by atoms with Crippen LogP contribution < -0.4 is 10.8 Å². The first kappa shape index (κ1) is 16.5. The van der Waals surface area contributed by atoms with Crippen LogP contribution in [0, 0.1) is 0 Å². The smallest absolute Gasteiger partial charge is 0.399 e. The minimum absolute atomic E-state index is 0.129. The first-order chi connectivity index (χ1) is 9.50. The lowest BCUT2D eigenvalue weighted by molar-refractivity contribution is 0.00578. The van der Waals surface area contributed by atoms with Crippen LogP contribution in [-0.4, -0.2) is 23.9 Å². The molecular formula is C17H28BNO2. The van der Waals surface area contributed by atoms with Crippen molar-refractivity contribution in [1.29, 1.82) is 0 Å². The van der Waals surface area contributed by atoms with Crippen LogP contribution in [0.2, 0.25) is 0 Å². The summed E-state index contributed by atoms with van der Waals surface area (Å²) in [5.74, 6) is 0. The molecule has 21 heavy (non-hydrogen) atoms. The molecule has 0 unspecified atom stereocenters. The van der Waals surface area contributed by atoms with Crippen LogP contribution in [0.5, 0.6) is 0 Å². The maximum atomic E-state index is 6.07. The molecular weight excluding hydrogens is 261 g/mol. The number of hydrogen-bond donors (Lipinski definition) is 1. The first-order valence-electron chi connectivity index (χ1n) is 7.70. The van der Waals surface area contributed by atoms with E-state index in [1.807, 2.05) is 0 Å². The molecule has 0 aliphatic carbocycles. The highest BCUT2D eigenvalue weighted by Crippen LogP contribution is 2.36. The Balaban J connectivity index is 2.04. The van der Waals surface area contributed by atoms with Gasteiger partial charge in [-0.3, -0.25) is 0 Å². The molecule has 2 rings (SSSR count). The maximum Gasteiger partial charge on any atom is 0.494 e. The van der Waals surface area contributed by atoms with Gasteiger partial charge in [-0.2, -0.15) is 0 Å². The Labute approximate surface area is 129 Å². The van der Waals surface area contributed by atoms with Crippen LogP contribution in [0.3, 0.4) is 0 Å². The van der Waals surface area contributed by atoms with Gasteiger partial charge in [0.25, 0.3) is 0 Å². The molecule has 4 heteroatoms. The van der Waals surface area contributed by atoms with E-state index in [2.05, 4.69) is 78.0 Å². The summed E-state index contributed by atoms with van der Waals surface area (Å²) in [6.07, 6.45) is 0. The van der Waals surface area contributed by atoms with Crippen molar-refractivity contribution in [1.82, 2.24) is 5.32 Å². The highest BCUT2D eigenvalue weighted by atomic mass is 16.7. The summed E-state index contributed by atoms with van der Waals surface area (Å²) < 4.78 is 12.1. The molecule has 0 radical (unpaired) electrons. The van der Waals surface area contributed by atoms with Crippen LogP contribution in [0.25, 0.3) is 0 Å². The zero-order valence-electron chi connectivity index (χ0n) is 14.4. The third-order valence-electron chi connectivity index (χ3n) is 4.33. The fraction of sp³-hybridized carbons (Fsp3) is 0.647. The minimum Gasteiger partial charge on any atom is -0.399 e. The predicted molar refractivity (Wildman–Crippen MR) is 88.8 cm³/mol. The molecule has 1 aliphatic heterocycles. The summed E-state index contributed by atoms with van der Waals surface area (Å²) in [5, 5.41) is 3.49. The summed E-state index contributed by atoms with van der Waals surface area (Å²) in [4.78, 5) is 0. The normalized spacial score (nSPS) is 20.8. The molecule has 1 saturated heterocycles. The van der Waals surface area contributed by atoms with Gasteiger partial charge in [0.1, 0.15) is 0 Å². The zero-order valence-corrected chi connectivity index (χ0v) is 14.4. The quantitative estimate of drug-likeness (QED) is 0.868. The van der Waals surface area contributed by atoms with E-state index in [4.69, 9.17) is 9.31 Å². The molecule has 0 saturated carbocycles. The van der Waals surface area contributed by atoms with Gasteiger partial charge in [0, 0.05) is 12.1 Å². The summed E-state index contributed by atoms with van der Waals surface area (Å²) >= 11 is 0. The van der Waals surface area contributed by atoms with Gasteiger partial charge in [0.05, 0.1) is 11.2 Å². The molecule has 116 valence electrons. The standard InChI is InChI=1S/C17H28BNO2/c1-15(2,3)19-12-13-8-10-14(11-9-13)18-20-16(4,5)17(6,7)21-18/h8-11,19H,12H2,1-7H3. The van der Waals surface area contributed by atoms with E-state index in [9.17, 15) is 0 Å². The van der Waals surface area contributed by atoms with Crippen molar-refractivity contribution >= 4 is 12.6 Å². The minimum atomic E-state index is -0.288. The van der Waals surface area contributed by atoms with Gasteiger partial charge in [0.15, 0.2) is 0 Å². The Kier molecular flexibility index (Phi) is 4.27. The first-order valence-corrected chi connectivity index (χ1v) is 7.70.